The molecule has 2 N–H and O–H groups in total. The van der Waals surface area contributed by atoms with Gasteiger partial charge in [0.15, 0.2) is 0 Å². The maximum Gasteiger partial charge on any atom is 0.313 e. The SMILES string of the molecule is CCc1nnsc1C(=O)NC1COCC1(C)C(=O)O. The molecule has 0 radical (unpaired) electrons. The molecule has 1 aliphatic rings. The third-order valence-electron chi connectivity index (χ3n) is 3.35. The van der Waals surface area contributed by atoms with Crippen LogP contribution in [0.25, 0.3) is 0 Å². The normalized spacial score (nSPS) is 26.3. The number of carbonyl (C=O) groups is 2. The number of aromatic nitrogens is 2. The predicted molar refractivity (Wildman–Crippen MR) is 67.1 cm³/mol. The van der Waals surface area contributed by atoms with Crippen molar-refractivity contribution < 1.29 is 19.4 Å². The standard InChI is InChI=1S/C11H15N3O4S/c1-3-6-8(19-14-13-6)9(15)12-7-4-18-5-11(7,2)10(16)17/h7H,3-5H2,1-2H3,(H,12,15)(H,16,17). The zero-order valence-corrected chi connectivity index (χ0v) is 11.5. The van der Waals surface area contributed by atoms with Gasteiger partial charge < -0.3 is 15.2 Å². The Bertz CT molecular complexity index is 504. The Morgan fingerprint density at radius 3 is 3.00 bits per heavy atom. The smallest absolute Gasteiger partial charge is 0.313 e. The van der Waals surface area contributed by atoms with Gasteiger partial charge in [-0.15, -0.1) is 5.10 Å². The van der Waals surface area contributed by atoms with Gasteiger partial charge in [0, 0.05) is 0 Å². The molecular formula is C11H15N3O4S. The summed E-state index contributed by atoms with van der Waals surface area (Å²) in [6, 6.07) is -0.552. The van der Waals surface area contributed by atoms with Crippen LogP contribution in [-0.2, 0) is 16.0 Å². The fraction of sp³-hybridized carbons (Fsp3) is 0.636. The molecule has 1 aliphatic heterocycles. The largest absolute Gasteiger partial charge is 0.481 e. The third kappa shape index (κ3) is 2.45. The minimum absolute atomic E-state index is 0.0921. The monoisotopic (exact) mass is 285 g/mol. The van der Waals surface area contributed by atoms with E-state index in [1.165, 1.54) is 0 Å². The van der Waals surface area contributed by atoms with Gasteiger partial charge in [0.25, 0.3) is 5.91 Å². The number of nitrogens with zero attached hydrogens (tertiary/aromatic N) is 2. The Labute approximate surface area is 114 Å². The van der Waals surface area contributed by atoms with Crippen molar-refractivity contribution in [3.63, 3.8) is 0 Å². The van der Waals surface area contributed by atoms with Gasteiger partial charge in [0.05, 0.1) is 24.9 Å². The van der Waals surface area contributed by atoms with Crippen LogP contribution >= 0.6 is 11.5 Å². The van der Waals surface area contributed by atoms with Crippen molar-refractivity contribution in [3.05, 3.63) is 10.6 Å². The second-order valence-corrected chi connectivity index (χ2v) is 5.42. The molecule has 8 heteroatoms. The molecule has 2 rings (SSSR count). The summed E-state index contributed by atoms with van der Waals surface area (Å²) in [6.07, 6.45) is 0.608. The molecule has 7 nitrogen and oxygen atoms in total. The molecule has 0 aliphatic carbocycles. The first-order valence-electron chi connectivity index (χ1n) is 5.92. The topological polar surface area (TPSA) is 101 Å². The number of ether oxygens (including phenoxy) is 1. The van der Waals surface area contributed by atoms with Gasteiger partial charge in [-0.3, -0.25) is 9.59 Å². The van der Waals surface area contributed by atoms with E-state index in [9.17, 15) is 14.7 Å². The maximum absolute atomic E-state index is 12.1. The summed E-state index contributed by atoms with van der Waals surface area (Å²) in [6.45, 7) is 3.74. The van der Waals surface area contributed by atoms with E-state index in [4.69, 9.17) is 4.74 Å². The Morgan fingerprint density at radius 1 is 1.63 bits per heavy atom. The van der Waals surface area contributed by atoms with Crippen molar-refractivity contribution in [2.75, 3.05) is 13.2 Å². The number of aryl methyl sites for hydroxylation is 1. The second-order valence-electron chi connectivity index (χ2n) is 4.67. The lowest BCUT2D eigenvalue weighted by Crippen LogP contribution is -2.49. The van der Waals surface area contributed by atoms with Gasteiger partial charge in [-0.25, -0.2) is 0 Å². The van der Waals surface area contributed by atoms with Crippen LogP contribution in [0, 0.1) is 5.41 Å². The highest BCUT2D eigenvalue weighted by molar-refractivity contribution is 7.08. The van der Waals surface area contributed by atoms with E-state index in [-0.39, 0.29) is 19.1 Å². The van der Waals surface area contributed by atoms with E-state index in [0.717, 1.165) is 11.5 Å². The predicted octanol–water partition coefficient (Wildman–Crippen LogP) is 0.320. The van der Waals surface area contributed by atoms with Crippen molar-refractivity contribution in [1.82, 2.24) is 14.9 Å². The van der Waals surface area contributed by atoms with Crippen LogP contribution in [0.2, 0.25) is 0 Å². The molecular weight excluding hydrogens is 270 g/mol. The lowest BCUT2D eigenvalue weighted by molar-refractivity contribution is -0.148. The molecule has 1 aromatic heterocycles. The molecule has 2 heterocycles. The summed E-state index contributed by atoms with van der Waals surface area (Å²) in [4.78, 5) is 23.8. The van der Waals surface area contributed by atoms with Crippen LogP contribution < -0.4 is 5.32 Å². The Balaban J connectivity index is 2.13. The summed E-state index contributed by atoms with van der Waals surface area (Å²) >= 11 is 1.01. The number of carboxylic acid groups (broad SMARTS) is 1. The molecule has 104 valence electrons. The fourth-order valence-corrected chi connectivity index (χ4v) is 2.57. The molecule has 19 heavy (non-hydrogen) atoms. The van der Waals surface area contributed by atoms with E-state index in [1.54, 1.807) is 6.92 Å². The number of carbonyl (C=O) groups excluding carboxylic acids is 1. The van der Waals surface area contributed by atoms with Crippen molar-refractivity contribution in [3.8, 4) is 0 Å². The number of hydrogen-bond donors (Lipinski definition) is 2. The van der Waals surface area contributed by atoms with Crippen LogP contribution in [0.4, 0.5) is 0 Å². The third-order valence-corrected chi connectivity index (χ3v) is 4.11. The summed E-state index contributed by atoms with van der Waals surface area (Å²) < 4.78 is 8.93. The summed E-state index contributed by atoms with van der Waals surface area (Å²) in [5.74, 6) is -1.32. The number of amides is 1. The minimum atomic E-state index is -1.10. The van der Waals surface area contributed by atoms with Crippen molar-refractivity contribution in [2.45, 2.75) is 26.3 Å². The van der Waals surface area contributed by atoms with Crippen molar-refractivity contribution in [1.29, 1.82) is 0 Å². The van der Waals surface area contributed by atoms with Crippen molar-refractivity contribution >= 4 is 23.4 Å². The van der Waals surface area contributed by atoms with E-state index in [0.29, 0.717) is 17.0 Å². The van der Waals surface area contributed by atoms with Crippen LogP contribution in [0.5, 0.6) is 0 Å². The molecule has 1 aromatic rings. The molecule has 1 saturated heterocycles. The van der Waals surface area contributed by atoms with Crippen LogP contribution in [0.1, 0.15) is 29.2 Å². The van der Waals surface area contributed by atoms with Gasteiger partial charge in [0.1, 0.15) is 10.3 Å². The van der Waals surface area contributed by atoms with E-state index >= 15 is 0 Å². The summed E-state index contributed by atoms with van der Waals surface area (Å²) in [5.41, 5.74) is -0.474. The van der Waals surface area contributed by atoms with Gasteiger partial charge in [0.2, 0.25) is 0 Å². The first-order chi connectivity index (χ1) is 8.99. The Morgan fingerprint density at radius 2 is 2.37 bits per heavy atom. The second kappa shape index (κ2) is 5.22. The average molecular weight is 285 g/mol. The number of hydrogen-bond acceptors (Lipinski definition) is 6. The number of nitrogens with one attached hydrogen (secondary N) is 1. The zero-order chi connectivity index (χ0) is 14.0. The number of carboxylic acids is 1. The average Bonchev–Trinajstić information content (AvgIpc) is 2.97. The molecule has 0 aromatic carbocycles. The van der Waals surface area contributed by atoms with Crippen LogP contribution in [0.15, 0.2) is 0 Å². The lowest BCUT2D eigenvalue weighted by atomic mass is 9.85. The quantitative estimate of drug-likeness (QED) is 0.826. The van der Waals surface area contributed by atoms with E-state index < -0.39 is 17.4 Å². The highest BCUT2D eigenvalue weighted by Gasteiger charge is 2.47. The number of aliphatic carboxylic acids is 1. The Kier molecular flexibility index (Phi) is 3.81. The van der Waals surface area contributed by atoms with Crippen LogP contribution in [-0.4, -0.2) is 45.8 Å². The Hall–Kier alpha value is -1.54. The minimum Gasteiger partial charge on any atom is -0.481 e. The van der Waals surface area contributed by atoms with Gasteiger partial charge >= 0.3 is 5.97 Å². The first kappa shape index (κ1) is 13.9. The molecule has 0 saturated carbocycles. The highest BCUT2D eigenvalue weighted by Crippen LogP contribution is 2.29. The van der Waals surface area contributed by atoms with Gasteiger partial charge in [-0.05, 0) is 24.9 Å². The lowest BCUT2D eigenvalue weighted by Gasteiger charge is -2.25. The molecule has 2 atom stereocenters. The molecule has 2 unspecified atom stereocenters. The highest BCUT2D eigenvalue weighted by atomic mass is 32.1. The number of rotatable bonds is 4. The van der Waals surface area contributed by atoms with Crippen molar-refractivity contribution in [2.24, 2.45) is 5.41 Å². The summed E-state index contributed by atoms with van der Waals surface area (Å²) in [5, 5.41) is 15.8. The van der Waals surface area contributed by atoms with Crippen LogP contribution in [0.3, 0.4) is 0 Å². The maximum atomic E-state index is 12.1. The van der Waals surface area contributed by atoms with Gasteiger partial charge in [-0.2, -0.15) is 0 Å². The zero-order valence-electron chi connectivity index (χ0n) is 10.7. The van der Waals surface area contributed by atoms with E-state index in [2.05, 4.69) is 14.9 Å². The summed E-state index contributed by atoms with van der Waals surface area (Å²) in [7, 11) is 0. The first-order valence-corrected chi connectivity index (χ1v) is 6.69. The van der Waals surface area contributed by atoms with Gasteiger partial charge in [-0.1, -0.05) is 11.4 Å². The fourth-order valence-electron chi connectivity index (χ4n) is 1.92. The molecule has 1 amide bonds. The molecule has 1 fully saturated rings. The molecule has 0 bridgehead atoms. The molecule has 0 spiro atoms. The van der Waals surface area contributed by atoms with E-state index in [1.807, 2.05) is 6.92 Å².